The Kier molecular flexibility index (Phi) is 3.43. The van der Waals surface area contributed by atoms with E-state index in [1.54, 1.807) is 0 Å². The van der Waals surface area contributed by atoms with Gasteiger partial charge in [-0.1, -0.05) is 0 Å². The van der Waals surface area contributed by atoms with Gasteiger partial charge in [0.05, 0.1) is 0 Å². The van der Waals surface area contributed by atoms with E-state index in [0.717, 1.165) is 0 Å². The molecule has 0 heterocycles. The van der Waals surface area contributed by atoms with Crippen LogP contribution < -0.4 is 0 Å². The first kappa shape index (κ1) is 18.5. The molecule has 1 fully saturated rings. The summed E-state index contributed by atoms with van der Waals surface area (Å²) in [6, 6.07) is 0. The average Bonchev–Trinajstić information content (AvgIpc) is 2.07. The maximum atomic E-state index is 12.4. The van der Waals surface area contributed by atoms with E-state index >= 15 is 0 Å². The van der Waals surface area contributed by atoms with Crippen molar-refractivity contribution in [2.45, 2.75) is 24.7 Å². The van der Waals surface area contributed by atoms with E-state index in [4.69, 9.17) is 0 Å². The van der Waals surface area contributed by atoms with E-state index in [1.807, 2.05) is 0 Å². The molecule has 0 aromatic carbocycles. The van der Waals surface area contributed by atoms with Gasteiger partial charge in [-0.15, -0.1) is 0 Å². The van der Waals surface area contributed by atoms with Crippen molar-refractivity contribution in [1.82, 2.24) is 0 Å². The van der Waals surface area contributed by atoms with Gasteiger partial charge >= 0.3 is 24.7 Å². The molecule has 0 aromatic heterocycles. The summed E-state index contributed by atoms with van der Waals surface area (Å²) in [6.07, 6.45) is -28.1. The highest BCUT2D eigenvalue weighted by Gasteiger charge is 3.01. The number of carbonyl (C=O) groups is 2. The summed E-state index contributed by atoms with van der Waals surface area (Å²) in [5, 5.41) is 0. The topological polar surface area (TPSA) is 34.1 Å². The van der Waals surface area contributed by atoms with Gasteiger partial charge in [-0.2, -0.15) is 52.7 Å². The number of Topliss-reactive ketones (excluding diaryl/α,β-unsaturated/α-hetero) is 2. The molecule has 0 aliphatic heterocycles. The highest BCUT2D eigenvalue weighted by atomic mass is 19.4. The fourth-order valence-corrected chi connectivity index (χ4v) is 2.06. The molecule has 128 valence electrons. The third kappa shape index (κ3) is 1.66. The highest BCUT2D eigenvalue weighted by molar-refractivity contribution is 6.33. The average molecular weight is 356 g/mol. The number of carbonyl (C=O) groups excluding carboxylic acids is 2. The molecule has 14 heteroatoms. The number of halogens is 12. The molecule has 22 heavy (non-hydrogen) atoms. The second kappa shape index (κ2) is 4.07. The van der Waals surface area contributed by atoms with Gasteiger partial charge < -0.3 is 0 Å². The second-order valence-electron chi connectivity index (χ2n) is 4.15. The van der Waals surface area contributed by atoms with Gasteiger partial charge in [-0.05, 0) is 0 Å². The van der Waals surface area contributed by atoms with Crippen LogP contribution in [0.15, 0.2) is 0 Å². The summed E-state index contributed by atoms with van der Waals surface area (Å²) in [4.78, 5) is 21.8. The van der Waals surface area contributed by atoms with E-state index in [1.165, 1.54) is 0 Å². The molecular formula is C8F12O2. The number of alkyl halides is 12. The summed E-state index contributed by atoms with van der Waals surface area (Å²) in [7, 11) is 0. The quantitative estimate of drug-likeness (QED) is 0.493. The Morgan fingerprint density at radius 3 is 0.682 bits per heavy atom. The third-order valence-electron chi connectivity index (χ3n) is 3.06. The molecule has 0 bridgehead atoms. The summed E-state index contributed by atoms with van der Waals surface area (Å²) in [5.41, 5.74) is -12.7. The summed E-state index contributed by atoms with van der Waals surface area (Å²) in [6.45, 7) is 0. The molecule has 0 amide bonds. The molecule has 0 saturated heterocycles. The molecule has 0 N–H and O–H groups in total. The van der Waals surface area contributed by atoms with E-state index in [-0.39, 0.29) is 0 Å². The fraction of sp³-hybridized carbons (Fsp3) is 0.750. The number of hydrogen-bond acceptors (Lipinski definition) is 2. The zero-order chi connectivity index (χ0) is 18.2. The lowest BCUT2D eigenvalue weighted by atomic mass is 9.48. The van der Waals surface area contributed by atoms with Crippen molar-refractivity contribution in [2.24, 2.45) is 10.8 Å². The normalized spacial score (nSPS) is 22.5. The van der Waals surface area contributed by atoms with Crippen LogP contribution in [0.2, 0.25) is 0 Å². The van der Waals surface area contributed by atoms with Gasteiger partial charge in [0.2, 0.25) is 0 Å². The Morgan fingerprint density at radius 1 is 0.455 bits per heavy atom. The molecule has 0 spiro atoms. The Bertz CT molecular complexity index is 423. The number of rotatable bonds is 0. The maximum Gasteiger partial charge on any atom is 0.417 e. The third-order valence-corrected chi connectivity index (χ3v) is 3.06. The van der Waals surface area contributed by atoms with Crippen LogP contribution in [0.3, 0.4) is 0 Å². The predicted octanol–water partition coefficient (Wildman–Crippen LogP) is 3.36. The minimum Gasteiger partial charge on any atom is -0.296 e. The minimum atomic E-state index is -7.01. The smallest absolute Gasteiger partial charge is 0.296 e. The van der Waals surface area contributed by atoms with Crippen LogP contribution in [0.5, 0.6) is 0 Å². The first-order valence-electron chi connectivity index (χ1n) is 4.68. The Labute approximate surface area is 111 Å². The van der Waals surface area contributed by atoms with Crippen molar-refractivity contribution >= 4 is 11.6 Å². The van der Waals surface area contributed by atoms with Crippen molar-refractivity contribution < 1.29 is 62.3 Å². The predicted molar refractivity (Wildman–Crippen MR) is 39.1 cm³/mol. The summed E-state index contributed by atoms with van der Waals surface area (Å²) >= 11 is 0. The first-order valence-corrected chi connectivity index (χ1v) is 4.68. The van der Waals surface area contributed by atoms with Gasteiger partial charge in [-0.3, -0.25) is 9.59 Å². The molecule has 1 aliphatic carbocycles. The van der Waals surface area contributed by atoms with E-state index in [9.17, 15) is 62.3 Å². The van der Waals surface area contributed by atoms with Crippen LogP contribution in [0.1, 0.15) is 0 Å². The van der Waals surface area contributed by atoms with Crippen LogP contribution in [0, 0.1) is 10.8 Å². The summed E-state index contributed by atoms with van der Waals surface area (Å²) < 4.78 is 149. The van der Waals surface area contributed by atoms with Gasteiger partial charge in [-0.25, -0.2) is 0 Å². The van der Waals surface area contributed by atoms with Crippen molar-refractivity contribution in [3.05, 3.63) is 0 Å². The van der Waals surface area contributed by atoms with Gasteiger partial charge in [0.25, 0.3) is 10.8 Å². The monoisotopic (exact) mass is 356 g/mol. The highest BCUT2D eigenvalue weighted by Crippen LogP contribution is 2.71. The molecule has 1 saturated carbocycles. The van der Waals surface area contributed by atoms with Gasteiger partial charge in [0.1, 0.15) is 0 Å². The minimum absolute atomic E-state index is 4.36. The Balaban J connectivity index is 3.80. The number of hydrogen-bond donors (Lipinski definition) is 0. The zero-order valence-electron chi connectivity index (χ0n) is 9.35. The molecule has 2 nitrogen and oxygen atoms in total. The molecule has 1 aliphatic rings. The largest absolute Gasteiger partial charge is 0.417 e. The van der Waals surface area contributed by atoms with Crippen LogP contribution in [-0.4, -0.2) is 36.3 Å². The first-order chi connectivity index (χ1) is 9.31. The molecular weight excluding hydrogens is 356 g/mol. The van der Waals surface area contributed by atoms with Crippen LogP contribution in [0.25, 0.3) is 0 Å². The maximum absolute atomic E-state index is 12.4. The number of ketones is 2. The molecule has 0 unspecified atom stereocenters. The second-order valence-corrected chi connectivity index (χ2v) is 4.15. The molecule has 0 radical (unpaired) electrons. The lowest BCUT2D eigenvalue weighted by molar-refractivity contribution is -0.375. The Morgan fingerprint density at radius 2 is 0.591 bits per heavy atom. The van der Waals surface area contributed by atoms with Gasteiger partial charge in [0, 0.05) is 0 Å². The van der Waals surface area contributed by atoms with Crippen LogP contribution in [0.4, 0.5) is 52.7 Å². The van der Waals surface area contributed by atoms with Crippen molar-refractivity contribution in [3.8, 4) is 0 Å². The molecule has 0 atom stereocenters. The van der Waals surface area contributed by atoms with Crippen LogP contribution >= 0.6 is 0 Å². The van der Waals surface area contributed by atoms with Gasteiger partial charge in [0.15, 0.2) is 11.6 Å². The van der Waals surface area contributed by atoms with Crippen molar-refractivity contribution in [3.63, 3.8) is 0 Å². The zero-order valence-corrected chi connectivity index (χ0v) is 9.35. The van der Waals surface area contributed by atoms with E-state index in [0.29, 0.717) is 0 Å². The fourth-order valence-electron chi connectivity index (χ4n) is 2.06. The van der Waals surface area contributed by atoms with Crippen LogP contribution in [-0.2, 0) is 9.59 Å². The molecule has 1 rings (SSSR count). The van der Waals surface area contributed by atoms with Crippen molar-refractivity contribution in [1.29, 1.82) is 0 Å². The van der Waals surface area contributed by atoms with Crippen molar-refractivity contribution in [2.75, 3.05) is 0 Å². The SMILES string of the molecule is O=C1C(C(F)(F)F)(C(F)(F)F)C(=O)C1(C(F)(F)F)C(F)(F)F. The summed E-state index contributed by atoms with van der Waals surface area (Å²) in [5.74, 6) is -8.71. The molecule has 0 aromatic rings. The lowest BCUT2D eigenvalue weighted by Gasteiger charge is -2.52. The van der Waals surface area contributed by atoms with E-state index in [2.05, 4.69) is 0 Å². The van der Waals surface area contributed by atoms with E-state index < -0.39 is 47.1 Å². The standard InChI is InChI=1S/C8F12O2/c9-5(10,11)3(6(12,13)14)1(21)4(2(3)22,7(15,16)17)8(18,19)20. The lowest BCUT2D eigenvalue weighted by Crippen LogP contribution is -2.84. The Hall–Kier alpha value is -1.50.